The fourth-order valence-electron chi connectivity index (χ4n) is 1.33. The van der Waals surface area contributed by atoms with Gasteiger partial charge < -0.3 is 15.2 Å². The molecule has 0 bridgehead atoms. The molecule has 0 unspecified atom stereocenters. The van der Waals surface area contributed by atoms with Crippen LogP contribution in [0, 0.1) is 0 Å². The number of rotatable bonds is 7. The maximum atomic E-state index is 11.4. The molecule has 0 atom stereocenters. The van der Waals surface area contributed by atoms with Crippen molar-refractivity contribution in [3.8, 4) is 5.75 Å². The van der Waals surface area contributed by atoms with Gasteiger partial charge in [0.15, 0.2) is 0 Å². The molecule has 1 aromatic carbocycles. The smallest absolute Gasteiger partial charge is 0.317 e. The number of nitrogens with one attached hydrogen (secondary N) is 2. The van der Waals surface area contributed by atoms with Gasteiger partial charge in [0.05, 0.1) is 20.2 Å². The minimum Gasteiger partial charge on any atom is -0.497 e. The lowest BCUT2D eigenvalue weighted by Gasteiger charge is -2.07. The van der Waals surface area contributed by atoms with Crippen LogP contribution in [0.25, 0.3) is 0 Å². The molecule has 0 fully saturated rings. The van der Waals surface area contributed by atoms with Crippen LogP contribution < -0.4 is 15.4 Å². The number of carbonyl (C=O) groups excluding carboxylic acids is 1. The predicted octanol–water partition coefficient (Wildman–Crippen LogP) is -0.0144. The first-order valence-electron chi connectivity index (χ1n) is 5.44. The molecule has 0 aliphatic rings. The third kappa shape index (κ3) is 5.31. The first-order chi connectivity index (χ1) is 8.61. The number of benzene rings is 1. The molecular weight excluding hydrogens is 236 g/mol. The largest absolute Gasteiger partial charge is 0.497 e. The second kappa shape index (κ2) is 7.29. The fraction of sp³-hybridized carbons (Fsp3) is 0.333. The van der Waals surface area contributed by atoms with Gasteiger partial charge in [-0.25, -0.2) is 0 Å². The Kier molecular flexibility index (Phi) is 5.66. The normalized spacial score (nSPS) is 9.83. The van der Waals surface area contributed by atoms with E-state index < -0.39 is 5.97 Å². The fourth-order valence-corrected chi connectivity index (χ4v) is 1.33. The number of hydrogen-bond donors (Lipinski definition) is 3. The lowest BCUT2D eigenvalue weighted by atomic mass is 10.2. The standard InChI is InChI=1S/C12H16N2O4/c1-18-10-4-2-3-9(5-10)6-14-11(15)7-13-8-12(16)17/h2-5,13H,6-8H2,1H3,(H,14,15)(H,16,17). The topological polar surface area (TPSA) is 87.7 Å². The average Bonchev–Trinajstić information content (AvgIpc) is 2.36. The van der Waals surface area contributed by atoms with Gasteiger partial charge in [-0.2, -0.15) is 0 Å². The van der Waals surface area contributed by atoms with Gasteiger partial charge in [0.1, 0.15) is 5.75 Å². The van der Waals surface area contributed by atoms with Crippen LogP contribution in [0.3, 0.4) is 0 Å². The van der Waals surface area contributed by atoms with E-state index in [1.54, 1.807) is 7.11 Å². The third-order valence-electron chi connectivity index (χ3n) is 2.19. The third-order valence-corrected chi connectivity index (χ3v) is 2.19. The first-order valence-corrected chi connectivity index (χ1v) is 5.44. The van der Waals surface area contributed by atoms with Crippen molar-refractivity contribution in [3.05, 3.63) is 29.8 Å². The summed E-state index contributed by atoms with van der Waals surface area (Å²) in [6.45, 7) is 0.133. The van der Waals surface area contributed by atoms with Gasteiger partial charge in [-0.1, -0.05) is 12.1 Å². The molecule has 0 saturated heterocycles. The quantitative estimate of drug-likeness (QED) is 0.635. The highest BCUT2D eigenvalue weighted by molar-refractivity contribution is 5.78. The van der Waals surface area contributed by atoms with Crippen molar-refractivity contribution in [2.24, 2.45) is 0 Å². The van der Waals surface area contributed by atoms with Crippen molar-refractivity contribution in [2.45, 2.75) is 6.54 Å². The van der Waals surface area contributed by atoms with E-state index in [2.05, 4.69) is 10.6 Å². The van der Waals surface area contributed by atoms with Gasteiger partial charge in [0.2, 0.25) is 5.91 Å². The molecule has 1 amide bonds. The van der Waals surface area contributed by atoms with Gasteiger partial charge in [0, 0.05) is 6.54 Å². The first kappa shape index (κ1) is 14.0. The molecular formula is C12H16N2O4. The van der Waals surface area contributed by atoms with Crippen LogP contribution in [0.1, 0.15) is 5.56 Å². The zero-order chi connectivity index (χ0) is 13.4. The van der Waals surface area contributed by atoms with Crippen LogP contribution in [0.2, 0.25) is 0 Å². The van der Waals surface area contributed by atoms with Crippen molar-refractivity contribution in [2.75, 3.05) is 20.2 Å². The van der Waals surface area contributed by atoms with Gasteiger partial charge in [-0.3, -0.25) is 14.9 Å². The Hall–Kier alpha value is -2.08. The summed E-state index contributed by atoms with van der Waals surface area (Å²) in [7, 11) is 1.58. The summed E-state index contributed by atoms with van der Waals surface area (Å²) < 4.78 is 5.06. The summed E-state index contributed by atoms with van der Waals surface area (Å²) in [6, 6.07) is 7.35. The molecule has 0 aliphatic carbocycles. The molecule has 0 heterocycles. The van der Waals surface area contributed by atoms with E-state index in [0.29, 0.717) is 6.54 Å². The number of aliphatic carboxylic acids is 1. The number of hydrogen-bond acceptors (Lipinski definition) is 4. The predicted molar refractivity (Wildman–Crippen MR) is 65.3 cm³/mol. The van der Waals surface area contributed by atoms with Gasteiger partial charge in [-0.15, -0.1) is 0 Å². The Morgan fingerprint density at radius 3 is 2.78 bits per heavy atom. The number of ether oxygens (including phenoxy) is 1. The monoisotopic (exact) mass is 252 g/mol. The Morgan fingerprint density at radius 1 is 1.33 bits per heavy atom. The maximum absolute atomic E-state index is 11.4. The molecule has 98 valence electrons. The van der Waals surface area contributed by atoms with Crippen molar-refractivity contribution < 1.29 is 19.4 Å². The van der Waals surface area contributed by atoms with Crippen LogP contribution in [0.5, 0.6) is 5.75 Å². The summed E-state index contributed by atoms with van der Waals surface area (Å²) in [6.07, 6.45) is 0. The summed E-state index contributed by atoms with van der Waals surface area (Å²) in [5, 5.41) is 13.6. The number of amides is 1. The van der Waals surface area contributed by atoms with Gasteiger partial charge >= 0.3 is 5.97 Å². The van der Waals surface area contributed by atoms with E-state index >= 15 is 0 Å². The van der Waals surface area contributed by atoms with Crippen molar-refractivity contribution >= 4 is 11.9 Å². The molecule has 6 heteroatoms. The minimum atomic E-state index is -0.990. The highest BCUT2D eigenvalue weighted by atomic mass is 16.5. The molecule has 0 aliphatic heterocycles. The van der Waals surface area contributed by atoms with Gasteiger partial charge in [0.25, 0.3) is 0 Å². The Morgan fingerprint density at radius 2 is 2.11 bits per heavy atom. The van der Waals surface area contributed by atoms with Crippen LogP contribution in [0.4, 0.5) is 0 Å². The summed E-state index contributed by atoms with van der Waals surface area (Å²) in [5.74, 6) is -0.514. The second-order valence-electron chi connectivity index (χ2n) is 3.63. The molecule has 18 heavy (non-hydrogen) atoms. The second-order valence-corrected chi connectivity index (χ2v) is 3.63. The average molecular weight is 252 g/mol. The molecule has 1 rings (SSSR count). The van der Waals surface area contributed by atoms with Crippen molar-refractivity contribution in [1.29, 1.82) is 0 Å². The van der Waals surface area contributed by atoms with E-state index in [1.165, 1.54) is 0 Å². The Bertz CT molecular complexity index is 420. The zero-order valence-electron chi connectivity index (χ0n) is 10.1. The molecule has 0 radical (unpaired) electrons. The Labute approximate surface area is 105 Å². The van der Waals surface area contributed by atoms with Crippen LogP contribution in [-0.2, 0) is 16.1 Å². The number of methoxy groups -OCH3 is 1. The number of carboxylic acids is 1. The molecule has 0 aromatic heterocycles. The molecule has 3 N–H and O–H groups in total. The van der Waals surface area contributed by atoms with Crippen LogP contribution in [-0.4, -0.2) is 37.2 Å². The van der Waals surface area contributed by atoms with E-state index in [-0.39, 0.29) is 19.0 Å². The summed E-state index contributed by atoms with van der Waals surface area (Å²) in [5.41, 5.74) is 0.918. The highest BCUT2D eigenvalue weighted by Gasteiger charge is 2.03. The summed E-state index contributed by atoms with van der Waals surface area (Å²) in [4.78, 5) is 21.6. The molecule has 6 nitrogen and oxygen atoms in total. The SMILES string of the molecule is COc1cccc(CNC(=O)CNCC(=O)O)c1. The summed E-state index contributed by atoms with van der Waals surface area (Å²) >= 11 is 0. The number of carbonyl (C=O) groups is 2. The number of carboxylic acid groups (broad SMARTS) is 1. The van der Waals surface area contributed by atoms with Gasteiger partial charge in [-0.05, 0) is 17.7 Å². The zero-order valence-corrected chi connectivity index (χ0v) is 10.1. The molecule has 0 saturated carbocycles. The maximum Gasteiger partial charge on any atom is 0.317 e. The van der Waals surface area contributed by atoms with Crippen molar-refractivity contribution in [1.82, 2.24) is 10.6 Å². The van der Waals surface area contributed by atoms with E-state index in [0.717, 1.165) is 11.3 Å². The van der Waals surface area contributed by atoms with E-state index in [9.17, 15) is 9.59 Å². The van der Waals surface area contributed by atoms with E-state index in [4.69, 9.17) is 9.84 Å². The highest BCUT2D eigenvalue weighted by Crippen LogP contribution is 2.11. The minimum absolute atomic E-state index is 0.0176. The van der Waals surface area contributed by atoms with Crippen molar-refractivity contribution in [3.63, 3.8) is 0 Å². The lowest BCUT2D eigenvalue weighted by Crippen LogP contribution is -2.35. The van der Waals surface area contributed by atoms with Crippen LogP contribution >= 0.6 is 0 Å². The molecule has 1 aromatic rings. The molecule has 0 spiro atoms. The van der Waals surface area contributed by atoms with Crippen LogP contribution in [0.15, 0.2) is 24.3 Å². The Balaban J connectivity index is 2.31. The lowest BCUT2D eigenvalue weighted by molar-refractivity contribution is -0.136. The van der Waals surface area contributed by atoms with E-state index in [1.807, 2.05) is 24.3 Å².